The van der Waals surface area contributed by atoms with Crippen molar-refractivity contribution < 1.29 is 28.7 Å². The first-order valence-corrected chi connectivity index (χ1v) is 16.6. The van der Waals surface area contributed by atoms with E-state index in [0.717, 1.165) is 26.4 Å². The number of anilines is 2. The van der Waals surface area contributed by atoms with Crippen molar-refractivity contribution in [3.8, 4) is 5.75 Å². The van der Waals surface area contributed by atoms with Crippen LogP contribution in [0.5, 0.6) is 5.75 Å². The molecule has 1 N–H and O–H groups in total. The average Bonchev–Trinajstić information content (AvgIpc) is 3.43. The second-order valence-corrected chi connectivity index (χ2v) is 14.3. The third-order valence-corrected chi connectivity index (χ3v) is 11.6. The van der Waals surface area contributed by atoms with Crippen LogP contribution in [0.15, 0.2) is 95.0 Å². The smallest absolute Gasteiger partial charge is 0.241 e. The van der Waals surface area contributed by atoms with Crippen molar-refractivity contribution in [2.75, 3.05) is 9.80 Å². The molecular weight excluding hydrogens is 687 g/mol. The summed E-state index contributed by atoms with van der Waals surface area (Å²) < 4.78 is 15.0. The minimum absolute atomic E-state index is 0.00871. The molecule has 0 unspecified atom stereocenters. The van der Waals surface area contributed by atoms with E-state index in [-0.39, 0.29) is 41.1 Å². The van der Waals surface area contributed by atoms with Crippen molar-refractivity contribution in [3.63, 3.8) is 0 Å². The average molecular weight is 714 g/mol. The number of carbonyl (C=O) groups is 4. The minimum Gasteiger partial charge on any atom is -0.507 e. The molecule has 0 spiro atoms. The Morgan fingerprint density at radius 3 is 2.34 bits per heavy atom. The van der Waals surface area contributed by atoms with Gasteiger partial charge < -0.3 is 5.11 Å². The predicted octanol–water partition coefficient (Wildman–Crippen LogP) is 7.54. The molecule has 0 bridgehead atoms. The van der Waals surface area contributed by atoms with Crippen molar-refractivity contribution >= 4 is 73.3 Å². The second-order valence-electron chi connectivity index (χ2n) is 13.0. The molecule has 2 aliphatic carbocycles. The molecule has 47 heavy (non-hydrogen) atoms. The summed E-state index contributed by atoms with van der Waals surface area (Å²) in [5, 5.41) is 13.0. The number of carbonyl (C=O) groups excluding carboxylic acids is 4. The van der Waals surface area contributed by atoms with Gasteiger partial charge in [-0.3, -0.25) is 24.1 Å². The van der Waals surface area contributed by atoms with Crippen LogP contribution >= 0.6 is 27.5 Å². The number of rotatable bonds is 3. The summed E-state index contributed by atoms with van der Waals surface area (Å²) in [6.45, 7) is 1.74. The molecule has 8 rings (SSSR count). The molecule has 6 atom stereocenters. The Morgan fingerprint density at radius 2 is 1.60 bits per heavy atom. The van der Waals surface area contributed by atoms with E-state index in [1.807, 2.05) is 30.3 Å². The Hall–Kier alpha value is -4.34. The number of fused-ring (bicyclic) bond motifs is 5. The highest BCUT2D eigenvalue weighted by Gasteiger charge is 2.68. The maximum Gasteiger partial charge on any atom is 0.241 e. The van der Waals surface area contributed by atoms with Crippen LogP contribution in [0.3, 0.4) is 0 Å². The van der Waals surface area contributed by atoms with Gasteiger partial charge in [0.05, 0.1) is 39.6 Å². The molecule has 0 radical (unpaired) electrons. The van der Waals surface area contributed by atoms with E-state index in [0.29, 0.717) is 16.6 Å². The summed E-state index contributed by atoms with van der Waals surface area (Å²) >= 11 is 9.50. The predicted molar refractivity (Wildman–Crippen MR) is 178 cm³/mol. The lowest BCUT2D eigenvalue weighted by Crippen LogP contribution is -2.48. The molecule has 4 amide bonds. The lowest BCUT2D eigenvalue weighted by Gasteiger charge is -2.49. The first-order chi connectivity index (χ1) is 22.5. The maximum absolute atomic E-state index is 14.6. The summed E-state index contributed by atoms with van der Waals surface area (Å²) in [4.78, 5) is 59.4. The van der Waals surface area contributed by atoms with E-state index >= 15 is 0 Å². The Kier molecular flexibility index (Phi) is 6.76. The van der Waals surface area contributed by atoms with Gasteiger partial charge in [0.2, 0.25) is 23.6 Å². The van der Waals surface area contributed by atoms with Gasteiger partial charge in [0.15, 0.2) is 0 Å². The van der Waals surface area contributed by atoms with Crippen LogP contribution in [-0.2, 0) is 19.2 Å². The van der Waals surface area contributed by atoms with Crippen LogP contribution < -0.4 is 9.80 Å². The summed E-state index contributed by atoms with van der Waals surface area (Å²) in [6.07, 6.45) is 2.37. The molecule has 2 saturated heterocycles. The summed E-state index contributed by atoms with van der Waals surface area (Å²) in [5.41, 5.74) is 0.466. The van der Waals surface area contributed by atoms with Gasteiger partial charge in [-0.2, -0.15) is 0 Å². The molecule has 2 heterocycles. The first-order valence-electron chi connectivity index (χ1n) is 15.4. The van der Waals surface area contributed by atoms with Gasteiger partial charge in [0, 0.05) is 21.3 Å². The fourth-order valence-corrected chi connectivity index (χ4v) is 9.02. The standard InChI is InChI=1S/C37H27BrClFN2O5/c1-37-27(34(45)42(36(37)47)21-11-15-29(40)28(39)16-21)17-26-23(31(37)25-12-6-18-4-2-3-5-22(18)32(25)43)13-14-24-30(26)35(46)41(33(24)44)20-9-7-19(38)8-10-20/h2-13,15-16,24,26-27,30-31,43H,14,17H2,1H3/t24-,26+,27-,30-,31+,37+/m0/s1. The van der Waals surface area contributed by atoms with Crippen LogP contribution in [0, 0.1) is 34.9 Å². The molecule has 4 aromatic carbocycles. The highest BCUT2D eigenvalue weighted by atomic mass is 79.9. The van der Waals surface area contributed by atoms with E-state index in [1.54, 1.807) is 43.3 Å². The Morgan fingerprint density at radius 1 is 0.872 bits per heavy atom. The number of hydrogen-bond donors (Lipinski definition) is 1. The van der Waals surface area contributed by atoms with E-state index < -0.39 is 52.6 Å². The van der Waals surface area contributed by atoms with E-state index in [9.17, 15) is 28.7 Å². The van der Waals surface area contributed by atoms with Crippen LogP contribution in [0.4, 0.5) is 15.8 Å². The van der Waals surface area contributed by atoms with E-state index in [2.05, 4.69) is 15.9 Å². The summed E-state index contributed by atoms with van der Waals surface area (Å²) in [6, 6.07) is 21.7. The molecule has 236 valence electrons. The quantitative estimate of drug-likeness (QED) is 0.175. The van der Waals surface area contributed by atoms with Gasteiger partial charge in [-0.1, -0.05) is 75.6 Å². The zero-order chi connectivity index (χ0) is 32.9. The number of nitrogens with zero attached hydrogens (tertiary/aromatic N) is 2. The number of aromatic hydroxyl groups is 1. The lowest BCUT2D eigenvalue weighted by atomic mass is 9.51. The summed E-state index contributed by atoms with van der Waals surface area (Å²) in [7, 11) is 0. The van der Waals surface area contributed by atoms with Crippen LogP contribution in [0.1, 0.15) is 31.2 Å². The molecule has 7 nitrogen and oxygen atoms in total. The molecule has 4 aromatic rings. The number of amides is 4. The Labute approximate surface area is 282 Å². The zero-order valence-electron chi connectivity index (χ0n) is 25.0. The molecule has 4 aliphatic rings. The highest BCUT2D eigenvalue weighted by molar-refractivity contribution is 9.10. The number of phenolic OH excluding ortho intramolecular Hbond substituents is 1. The van der Waals surface area contributed by atoms with Gasteiger partial charge in [-0.05, 0) is 73.5 Å². The highest BCUT2D eigenvalue weighted by Crippen LogP contribution is 2.64. The van der Waals surface area contributed by atoms with Crippen molar-refractivity contribution in [3.05, 3.63) is 111 Å². The SMILES string of the molecule is C[C@@]12C(=O)N(c3ccc(F)c(Cl)c3)C(=O)[C@@H]1C[C@@H]1C(=CC[C@@H]3C(=O)N(c4ccc(Br)cc4)C(=O)[C@@H]31)[C@@H]2c1ccc2ccccc2c1O. The van der Waals surface area contributed by atoms with E-state index in [4.69, 9.17) is 11.6 Å². The number of allylic oxidation sites excluding steroid dienone is 2. The fourth-order valence-electron chi connectivity index (χ4n) is 8.58. The second kappa shape index (κ2) is 10.6. The Balaban J connectivity index is 1.30. The van der Waals surface area contributed by atoms with Gasteiger partial charge in [0.1, 0.15) is 11.6 Å². The van der Waals surface area contributed by atoms with Gasteiger partial charge >= 0.3 is 0 Å². The largest absolute Gasteiger partial charge is 0.507 e. The number of imide groups is 2. The number of hydrogen-bond acceptors (Lipinski definition) is 5. The van der Waals surface area contributed by atoms with Crippen molar-refractivity contribution in [1.82, 2.24) is 0 Å². The molecule has 0 aromatic heterocycles. The topological polar surface area (TPSA) is 95.0 Å². The molecule has 1 saturated carbocycles. The minimum atomic E-state index is -1.37. The van der Waals surface area contributed by atoms with Gasteiger partial charge in [-0.25, -0.2) is 9.29 Å². The first kappa shape index (κ1) is 30.0. The maximum atomic E-state index is 14.6. The van der Waals surface area contributed by atoms with Crippen molar-refractivity contribution in [2.45, 2.75) is 25.7 Å². The number of phenols is 1. The molecular formula is C37H27BrClFN2O5. The number of halogens is 3. The molecule has 3 fully saturated rings. The number of benzene rings is 4. The molecule has 2 aliphatic heterocycles. The van der Waals surface area contributed by atoms with Crippen LogP contribution in [0.2, 0.25) is 5.02 Å². The third-order valence-electron chi connectivity index (χ3n) is 10.8. The normalized spacial score (nSPS) is 28.4. The monoisotopic (exact) mass is 712 g/mol. The van der Waals surface area contributed by atoms with Crippen molar-refractivity contribution in [1.29, 1.82) is 0 Å². The lowest BCUT2D eigenvalue weighted by molar-refractivity contribution is -0.131. The molecule has 10 heteroatoms. The third kappa shape index (κ3) is 4.15. The Bertz CT molecular complexity index is 2100. The van der Waals surface area contributed by atoms with Gasteiger partial charge in [0.25, 0.3) is 0 Å². The van der Waals surface area contributed by atoms with Gasteiger partial charge in [-0.15, -0.1) is 0 Å². The summed E-state index contributed by atoms with van der Waals surface area (Å²) in [5.74, 6) is -5.95. The fraction of sp³-hybridized carbons (Fsp3) is 0.243. The van der Waals surface area contributed by atoms with Crippen LogP contribution in [-0.4, -0.2) is 28.7 Å². The zero-order valence-corrected chi connectivity index (χ0v) is 27.3. The van der Waals surface area contributed by atoms with Crippen molar-refractivity contribution in [2.24, 2.45) is 29.1 Å². The van der Waals surface area contributed by atoms with E-state index in [1.165, 1.54) is 17.0 Å². The van der Waals surface area contributed by atoms with Crippen LogP contribution in [0.25, 0.3) is 10.8 Å².